The van der Waals surface area contributed by atoms with E-state index in [-0.39, 0.29) is 34.8 Å². The van der Waals surface area contributed by atoms with Gasteiger partial charge in [-0.25, -0.2) is 9.78 Å². The van der Waals surface area contributed by atoms with E-state index in [4.69, 9.17) is 9.84 Å². The highest BCUT2D eigenvalue weighted by Crippen LogP contribution is 2.28. The molecule has 30 heavy (non-hydrogen) atoms. The van der Waals surface area contributed by atoms with Gasteiger partial charge in [-0.2, -0.15) is 0 Å². The van der Waals surface area contributed by atoms with Gasteiger partial charge < -0.3 is 25.5 Å². The number of ether oxygens (including phenoxy) is 1. The minimum atomic E-state index is -1.21. The summed E-state index contributed by atoms with van der Waals surface area (Å²) in [5.41, 5.74) is 1.30. The van der Waals surface area contributed by atoms with Gasteiger partial charge in [0.2, 0.25) is 0 Å². The van der Waals surface area contributed by atoms with Gasteiger partial charge in [0.25, 0.3) is 11.5 Å². The van der Waals surface area contributed by atoms with E-state index >= 15 is 0 Å². The van der Waals surface area contributed by atoms with Gasteiger partial charge in [-0.15, -0.1) is 0 Å². The van der Waals surface area contributed by atoms with Crippen molar-refractivity contribution >= 4 is 34.8 Å². The molecule has 0 spiro atoms. The Morgan fingerprint density at radius 3 is 2.80 bits per heavy atom. The highest BCUT2D eigenvalue weighted by molar-refractivity contribution is 6.02. The van der Waals surface area contributed by atoms with Crippen molar-refractivity contribution in [3.63, 3.8) is 0 Å². The van der Waals surface area contributed by atoms with Crippen LogP contribution in [0.4, 0.5) is 5.69 Å². The lowest BCUT2D eigenvalue weighted by Gasteiger charge is -2.18. The minimum Gasteiger partial charge on any atom is -0.482 e. The Bertz CT molecular complexity index is 1190. The molecular weight excluding hydrogens is 392 g/mol. The number of anilines is 1. The average molecular weight is 410 g/mol. The molecule has 0 fully saturated rings. The normalized spacial score (nSPS) is 12.1. The van der Waals surface area contributed by atoms with Crippen LogP contribution in [-0.2, 0) is 11.3 Å². The van der Waals surface area contributed by atoms with Gasteiger partial charge in [0.05, 0.1) is 22.2 Å². The zero-order valence-corrected chi connectivity index (χ0v) is 15.9. The summed E-state index contributed by atoms with van der Waals surface area (Å²) < 4.78 is 5.24. The van der Waals surface area contributed by atoms with Gasteiger partial charge in [0.15, 0.2) is 18.7 Å². The van der Waals surface area contributed by atoms with Gasteiger partial charge >= 0.3 is 5.97 Å². The standard InChI is InChI=1S/C10H6N2O4.C10H12N2O2/c13-4-7-11-6-3-1-2-5(10(15)16)8(6)9(14)12-7;1-11-5-7-2-3-9-8(4-7)12-10(13)6-14-9/h1-4H,(H,15,16)(H,11,12,14);2-4,11H,5-6H2,1H3,(H,12,13). The molecule has 1 aliphatic heterocycles. The maximum absolute atomic E-state index is 11.6. The second-order valence-electron chi connectivity index (χ2n) is 6.27. The Balaban J connectivity index is 0.000000172. The van der Waals surface area contributed by atoms with Crippen molar-refractivity contribution in [3.05, 3.63) is 63.7 Å². The molecule has 3 aromatic rings. The first-order valence-corrected chi connectivity index (χ1v) is 8.84. The number of aldehydes is 1. The number of amides is 1. The number of hydrogen-bond acceptors (Lipinski definition) is 7. The number of carbonyl (C=O) groups is 3. The first-order chi connectivity index (χ1) is 14.4. The summed E-state index contributed by atoms with van der Waals surface area (Å²) >= 11 is 0. The molecule has 10 nitrogen and oxygen atoms in total. The molecule has 0 aliphatic carbocycles. The Labute approximate surface area is 169 Å². The number of aromatic carboxylic acids is 1. The van der Waals surface area contributed by atoms with Crippen molar-refractivity contribution in [2.45, 2.75) is 6.54 Å². The predicted molar refractivity (Wildman–Crippen MR) is 108 cm³/mol. The van der Waals surface area contributed by atoms with Crippen LogP contribution < -0.4 is 20.9 Å². The molecule has 1 aromatic heterocycles. The first-order valence-electron chi connectivity index (χ1n) is 8.84. The number of hydrogen-bond donors (Lipinski definition) is 4. The number of aromatic amines is 1. The van der Waals surface area contributed by atoms with Crippen LogP contribution in [0.1, 0.15) is 26.5 Å². The SMILES string of the molecule is CNCc1ccc2c(c1)NC(=O)CO2.O=Cc1nc2cccc(C(=O)O)c2c(=O)[nH]1. The van der Waals surface area contributed by atoms with Crippen LogP contribution in [-0.4, -0.2) is 46.9 Å². The first kappa shape index (κ1) is 20.7. The van der Waals surface area contributed by atoms with E-state index < -0.39 is 11.5 Å². The van der Waals surface area contributed by atoms with E-state index in [1.165, 1.54) is 18.2 Å². The topological polar surface area (TPSA) is 150 Å². The van der Waals surface area contributed by atoms with E-state index in [9.17, 15) is 19.2 Å². The fraction of sp³-hybridized carbons (Fsp3) is 0.150. The molecule has 154 valence electrons. The fourth-order valence-electron chi connectivity index (χ4n) is 2.89. The molecule has 2 heterocycles. The summed E-state index contributed by atoms with van der Waals surface area (Å²) in [5, 5.41) is 14.7. The van der Waals surface area contributed by atoms with Crippen LogP contribution in [0.5, 0.6) is 5.75 Å². The van der Waals surface area contributed by atoms with Crippen LogP contribution >= 0.6 is 0 Å². The van der Waals surface area contributed by atoms with Gasteiger partial charge in [-0.3, -0.25) is 14.4 Å². The lowest BCUT2D eigenvalue weighted by atomic mass is 10.1. The summed E-state index contributed by atoms with van der Waals surface area (Å²) in [6.07, 6.45) is 0.397. The molecule has 0 saturated carbocycles. The average Bonchev–Trinajstić information content (AvgIpc) is 2.73. The Morgan fingerprint density at radius 1 is 1.30 bits per heavy atom. The van der Waals surface area contributed by atoms with Crippen molar-refractivity contribution < 1.29 is 24.2 Å². The Hall–Kier alpha value is -4.05. The quantitative estimate of drug-likeness (QED) is 0.468. The van der Waals surface area contributed by atoms with Gasteiger partial charge in [0.1, 0.15) is 5.75 Å². The zero-order valence-electron chi connectivity index (χ0n) is 15.9. The van der Waals surface area contributed by atoms with Crippen molar-refractivity contribution in [3.8, 4) is 5.75 Å². The number of rotatable bonds is 4. The molecule has 1 aliphatic rings. The van der Waals surface area contributed by atoms with E-state index in [0.29, 0.717) is 6.29 Å². The molecule has 10 heteroatoms. The van der Waals surface area contributed by atoms with Crippen molar-refractivity contribution in [2.75, 3.05) is 19.0 Å². The number of fused-ring (bicyclic) bond motifs is 2. The molecule has 4 rings (SSSR count). The molecule has 0 bridgehead atoms. The van der Waals surface area contributed by atoms with Crippen molar-refractivity contribution in [1.29, 1.82) is 0 Å². The zero-order chi connectivity index (χ0) is 21.7. The van der Waals surface area contributed by atoms with Crippen LogP contribution in [0, 0.1) is 0 Å². The lowest BCUT2D eigenvalue weighted by Crippen LogP contribution is -2.25. The molecule has 0 radical (unpaired) electrons. The summed E-state index contributed by atoms with van der Waals surface area (Å²) in [6.45, 7) is 0.890. The molecule has 0 unspecified atom stereocenters. The summed E-state index contributed by atoms with van der Waals surface area (Å²) in [7, 11) is 1.88. The monoisotopic (exact) mass is 410 g/mol. The molecule has 4 N–H and O–H groups in total. The van der Waals surface area contributed by atoms with E-state index in [2.05, 4.69) is 20.6 Å². The van der Waals surface area contributed by atoms with Crippen molar-refractivity contribution in [2.24, 2.45) is 0 Å². The van der Waals surface area contributed by atoms with E-state index in [0.717, 1.165) is 23.5 Å². The largest absolute Gasteiger partial charge is 0.482 e. The van der Waals surface area contributed by atoms with Crippen LogP contribution in [0.15, 0.2) is 41.2 Å². The van der Waals surface area contributed by atoms with Crippen molar-refractivity contribution in [1.82, 2.24) is 15.3 Å². The molecule has 0 saturated heterocycles. The third-order valence-electron chi connectivity index (χ3n) is 4.15. The van der Waals surface area contributed by atoms with Gasteiger partial charge in [0, 0.05) is 6.54 Å². The van der Waals surface area contributed by atoms with Gasteiger partial charge in [-0.1, -0.05) is 12.1 Å². The number of benzene rings is 2. The smallest absolute Gasteiger partial charge is 0.336 e. The number of H-pyrrole nitrogens is 1. The molecule has 0 atom stereocenters. The maximum Gasteiger partial charge on any atom is 0.336 e. The third kappa shape index (κ3) is 4.50. The highest BCUT2D eigenvalue weighted by Gasteiger charge is 2.15. The Kier molecular flexibility index (Phi) is 6.18. The fourth-order valence-corrected chi connectivity index (χ4v) is 2.89. The molecule has 2 aromatic carbocycles. The Morgan fingerprint density at radius 2 is 2.10 bits per heavy atom. The molecular formula is C20H18N4O6. The predicted octanol–water partition coefficient (Wildman–Crippen LogP) is 1.17. The number of carboxylic acids is 1. The summed E-state index contributed by atoms with van der Waals surface area (Å²) in [6, 6.07) is 10.0. The van der Waals surface area contributed by atoms with Crippen LogP contribution in [0.3, 0.4) is 0 Å². The molecule has 1 amide bonds. The van der Waals surface area contributed by atoms with Crippen LogP contribution in [0.25, 0.3) is 10.9 Å². The van der Waals surface area contributed by atoms with Crippen LogP contribution in [0.2, 0.25) is 0 Å². The lowest BCUT2D eigenvalue weighted by molar-refractivity contribution is -0.118. The second-order valence-corrected chi connectivity index (χ2v) is 6.27. The van der Waals surface area contributed by atoms with Gasteiger partial charge in [-0.05, 0) is 36.9 Å². The summed E-state index contributed by atoms with van der Waals surface area (Å²) in [4.78, 5) is 50.0. The van der Waals surface area contributed by atoms with E-state index in [1.807, 2.05) is 25.2 Å². The number of carboxylic acid groups (broad SMARTS) is 1. The number of nitrogens with zero attached hydrogens (tertiary/aromatic N) is 1. The number of carbonyl (C=O) groups excluding carboxylic acids is 2. The third-order valence-corrected chi connectivity index (χ3v) is 4.15. The minimum absolute atomic E-state index is 0.0272. The number of nitrogens with one attached hydrogen (secondary N) is 3. The highest BCUT2D eigenvalue weighted by atomic mass is 16.5. The summed E-state index contributed by atoms with van der Waals surface area (Å²) in [5.74, 6) is -0.694. The number of aromatic nitrogens is 2. The van der Waals surface area contributed by atoms with E-state index in [1.54, 1.807) is 0 Å². The second kappa shape index (κ2) is 8.97. The maximum atomic E-state index is 11.6.